The van der Waals surface area contributed by atoms with Gasteiger partial charge in [-0.3, -0.25) is 9.78 Å². The molecular formula is C11H14FNO. The molecule has 1 unspecified atom stereocenters. The third-order valence-electron chi connectivity index (χ3n) is 2.17. The quantitative estimate of drug-likeness (QED) is 0.741. The summed E-state index contributed by atoms with van der Waals surface area (Å²) < 4.78 is 12.6. The minimum absolute atomic E-state index is 0.0686. The highest BCUT2D eigenvalue weighted by Gasteiger charge is 2.21. The summed E-state index contributed by atoms with van der Waals surface area (Å²) in [5.74, 6) is -0.347. The number of hydrogen-bond acceptors (Lipinski definition) is 2. The average molecular weight is 195 g/mol. The highest BCUT2D eigenvalue weighted by molar-refractivity contribution is 5.83. The Hall–Kier alpha value is -1.25. The first-order valence-electron chi connectivity index (χ1n) is 4.64. The predicted molar refractivity (Wildman–Crippen MR) is 52.5 cm³/mol. The number of aromatic nitrogens is 1. The monoisotopic (exact) mass is 195 g/mol. The van der Waals surface area contributed by atoms with Crippen LogP contribution in [-0.4, -0.2) is 10.8 Å². The van der Waals surface area contributed by atoms with Crippen LogP contribution in [0.2, 0.25) is 0 Å². The van der Waals surface area contributed by atoms with Crippen LogP contribution < -0.4 is 0 Å². The Balaban J connectivity index is 3.00. The van der Waals surface area contributed by atoms with Crippen LogP contribution in [0.25, 0.3) is 0 Å². The van der Waals surface area contributed by atoms with E-state index in [-0.39, 0.29) is 23.4 Å². The summed E-state index contributed by atoms with van der Waals surface area (Å²) in [6.45, 7) is 5.45. The number of hydrogen-bond donors (Lipinski definition) is 0. The molecule has 14 heavy (non-hydrogen) atoms. The van der Waals surface area contributed by atoms with Gasteiger partial charge >= 0.3 is 0 Å². The minimum atomic E-state index is -0.375. The number of carbonyl (C=O) groups excluding carboxylic acids is 1. The SMILES string of the molecule is CC(=O)C(c1ccc(F)cn1)C(C)C. The molecule has 0 fully saturated rings. The number of halogens is 1. The molecule has 0 N–H and O–H groups in total. The van der Waals surface area contributed by atoms with Gasteiger partial charge in [-0.2, -0.15) is 0 Å². The number of carbonyl (C=O) groups is 1. The number of ketones is 1. The molecule has 0 aromatic carbocycles. The van der Waals surface area contributed by atoms with Crippen molar-refractivity contribution < 1.29 is 9.18 Å². The van der Waals surface area contributed by atoms with E-state index >= 15 is 0 Å². The molecule has 3 heteroatoms. The summed E-state index contributed by atoms with van der Waals surface area (Å²) in [5, 5.41) is 0. The molecule has 0 saturated heterocycles. The number of Topliss-reactive ketones (excluding diaryl/α,β-unsaturated/α-hetero) is 1. The zero-order valence-corrected chi connectivity index (χ0v) is 8.62. The van der Waals surface area contributed by atoms with Crippen LogP contribution in [0, 0.1) is 11.7 Å². The van der Waals surface area contributed by atoms with Crippen LogP contribution >= 0.6 is 0 Å². The molecule has 1 rings (SSSR count). The molecule has 2 nitrogen and oxygen atoms in total. The molecule has 1 heterocycles. The van der Waals surface area contributed by atoms with E-state index in [0.717, 1.165) is 6.20 Å². The molecule has 0 saturated carbocycles. The van der Waals surface area contributed by atoms with Crippen LogP contribution in [-0.2, 0) is 4.79 Å². The number of rotatable bonds is 3. The highest BCUT2D eigenvalue weighted by Crippen LogP contribution is 2.23. The molecule has 1 atom stereocenters. The normalized spacial score (nSPS) is 12.9. The molecule has 0 amide bonds. The van der Waals surface area contributed by atoms with E-state index in [9.17, 15) is 9.18 Å². The standard InChI is InChI=1S/C11H14FNO/c1-7(2)11(8(3)14)10-5-4-9(12)6-13-10/h4-7,11H,1-3H3. The van der Waals surface area contributed by atoms with E-state index in [4.69, 9.17) is 0 Å². The van der Waals surface area contributed by atoms with Gasteiger partial charge in [-0.25, -0.2) is 4.39 Å². The molecule has 0 aliphatic carbocycles. The zero-order chi connectivity index (χ0) is 10.7. The Morgan fingerprint density at radius 3 is 2.43 bits per heavy atom. The third-order valence-corrected chi connectivity index (χ3v) is 2.17. The van der Waals surface area contributed by atoms with Crippen LogP contribution in [0.4, 0.5) is 4.39 Å². The largest absolute Gasteiger partial charge is 0.299 e. The Labute approximate surface area is 83.2 Å². The van der Waals surface area contributed by atoms with Crippen molar-refractivity contribution in [3.05, 3.63) is 29.8 Å². The topological polar surface area (TPSA) is 30.0 Å². The van der Waals surface area contributed by atoms with Gasteiger partial charge < -0.3 is 0 Å². The fourth-order valence-corrected chi connectivity index (χ4v) is 1.59. The lowest BCUT2D eigenvalue weighted by molar-refractivity contribution is -0.119. The summed E-state index contributed by atoms with van der Waals surface area (Å²) in [7, 11) is 0. The van der Waals surface area contributed by atoms with Gasteiger partial charge in [0.15, 0.2) is 0 Å². The maximum absolute atomic E-state index is 12.6. The van der Waals surface area contributed by atoms with Crippen LogP contribution in [0.3, 0.4) is 0 Å². The molecule has 1 aromatic heterocycles. The smallest absolute Gasteiger partial charge is 0.141 e. The van der Waals surface area contributed by atoms with Gasteiger partial charge in [0.25, 0.3) is 0 Å². The molecule has 0 spiro atoms. The first kappa shape index (κ1) is 10.8. The fraction of sp³-hybridized carbons (Fsp3) is 0.455. The van der Waals surface area contributed by atoms with Crippen molar-refractivity contribution in [3.8, 4) is 0 Å². The zero-order valence-electron chi connectivity index (χ0n) is 8.62. The second-order valence-electron chi connectivity index (χ2n) is 3.73. The van der Waals surface area contributed by atoms with Gasteiger partial charge in [0.2, 0.25) is 0 Å². The van der Waals surface area contributed by atoms with Gasteiger partial charge in [0.05, 0.1) is 17.8 Å². The summed E-state index contributed by atoms with van der Waals surface area (Å²) >= 11 is 0. The van der Waals surface area contributed by atoms with Gasteiger partial charge in [0, 0.05) is 0 Å². The molecule has 0 bridgehead atoms. The summed E-state index contributed by atoms with van der Waals surface area (Å²) in [6.07, 6.45) is 1.15. The first-order valence-corrected chi connectivity index (χ1v) is 4.64. The first-order chi connectivity index (χ1) is 6.52. The van der Waals surface area contributed by atoms with Gasteiger partial charge in [0.1, 0.15) is 11.6 Å². The lowest BCUT2D eigenvalue weighted by Gasteiger charge is -2.16. The Morgan fingerprint density at radius 1 is 1.43 bits per heavy atom. The van der Waals surface area contributed by atoms with Crippen molar-refractivity contribution in [2.45, 2.75) is 26.7 Å². The lowest BCUT2D eigenvalue weighted by Crippen LogP contribution is -2.16. The predicted octanol–water partition coefficient (Wildman–Crippen LogP) is 2.55. The second kappa shape index (κ2) is 4.31. The van der Waals surface area contributed by atoms with Crippen molar-refractivity contribution in [3.63, 3.8) is 0 Å². The van der Waals surface area contributed by atoms with Gasteiger partial charge in [-0.05, 0) is 25.0 Å². The molecule has 0 aliphatic rings. The Kier molecular flexibility index (Phi) is 3.33. The van der Waals surface area contributed by atoms with Crippen LogP contribution in [0.1, 0.15) is 32.4 Å². The second-order valence-corrected chi connectivity index (χ2v) is 3.73. The van der Waals surface area contributed by atoms with Crippen molar-refractivity contribution in [1.29, 1.82) is 0 Å². The fourth-order valence-electron chi connectivity index (χ4n) is 1.59. The van der Waals surface area contributed by atoms with Crippen LogP contribution in [0.5, 0.6) is 0 Å². The molecule has 76 valence electrons. The maximum Gasteiger partial charge on any atom is 0.141 e. The van der Waals surface area contributed by atoms with Gasteiger partial charge in [-0.15, -0.1) is 0 Å². The summed E-state index contributed by atoms with van der Waals surface area (Å²) in [5.41, 5.74) is 0.647. The van der Waals surface area contributed by atoms with Crippen molar-refractivity contribution >= 4 is 5.78 Å². The van der Waals surface area contributed by atoms with Crippen molar-refractivity contribution in [2.75, 3.05) is 0 Å². The van der Waals surface area contributed by atoms with Crippen molar-refractivity contribution in [1.82, 2.24) is 4.98 Å². The minimum Gasteiger partial charge on any atom is -0.299 e. The molecule has 0 radical (unpaired) electrons. The van der Waals surface area contributed by atoms with E-state index in [1.807, 2.05) is 13.8 Å². The molecule has 1 aromatic rings. The van der Waals surface area contributed by atoms with Crippen LogP contribution in [0.15, 0.2) is 18.3 Å². The van der Waals surface area contributed by atoms with Crippen molar-refractivity contribution in [2.24, 2.45) is 5.92 Å². The van der Waals surface area contributed by atoms with Gasteiger partial charge in [-0.1, -0.05) is 13.8 Å². The lowest BCUT2D eigenvalue weighted by atomic mass is 9.89. The molecule has 0 aliphatic heterocycles. The van der Waals surface area contributed by atoms with E-state index in [2.05, 4.69) is 4.98 Å². The third kappa shape index (κ3) is 2.37. The highest BCUT2D eigenvalue weighted by atomic mass is 19.1. The Morgan fingerprint density at radius 2 is 2.07 bits per heavy atom. The van der Waals surface area contributed by atoms with E-state index in [1.165, 1.54) is 13.0 Å². The average Bonchev–Trinajstić information content (AvgIpc) is 2.07. The Bertz CT molecular complexity index is 319. The molecular weight excluding hydrogens is 181 g/mol. The summed E-state index contributed by atoms with van der Waals surface area (Å²) in [6, 6.07) is 2.90. The number of pyridine rings is 1. The maximum atomic E-state index is 12.6. The summed E-state index contributed by atoms with van der Waals surface area (Å²) in [4.78, 5) is 15.3. The van der Waals surface area contributed by atoms with E-state index in [1.54, 1.807) is 6.07 Å². The van der Waals surface area contributed by atoms with E-state index < -0.39 is 0 Å². The number of nitrogens with zero attached hydrogens (tertiary/aromatic N) is 1. The van der Waals surface area contributed by atoms with E-state index in [0.29, 0.717) is 5.69 Å².